The summed E-state index contributed by atoms with van der Waals surface area (Å²) in [5.74, 6) is 0.246. The molecule has 1 saturated heterocycles. The molecule has 12 heteroatoms. The zero-order chi connectivity index (χ0) is 22.2. The average molecular weight is 470 g/mol. The lowest BCUT2D eigenvalue weighted by Crippen LogP contribution is -2.36. The Balaban J connectivity index is 1.92. The minimum atomic E-state index is -4.77. The number of nitrogen functional groups attached to an aromatic ring is 1. The van der Waals surface area contributed by atoms with Gasteiger partial charge in [0, 0.05) is 13.1 Å². The fraction of sp³-hybridized carbons (Fsp3) is 0.263. The van der Waals surface area contributed by atoms with E-state index in [2.05, 4.69) is 9.97 Å². The van der Waals surface area contributed by atoms with E-state index in [1.54, 1.807) is 23.1 Å². The van der Waals surface area contributed by atoms with Crippen LogP contribution in [-0.4, -0.2) is 44.7 Å². The highest BCUT2D eigenvalue weighted by Gasteiger charge is 2.38. The Morgan fingerprint density at radius 3 is 2.35 bits per heavy atom. The maximum absolute atomic E-state index is 13.5. The summed E-state index contributed by atoms with van der Waals surface area (Å²) in [6.07, 6.45) is -4.77. The lowest BCUT2D eigenvalue weighted by atomic mass is 10.2. The highest BCUT2D eigenvalue weighted by molar-refractivity contribution is 7.91. The van der Waals surface area contributed by atoms with E-state index in [1.807, 2.05) is 0 Å². The fourth-order valence-electron chi connectivity index (χ4n) is 3.16. The molecule has 2 N–H and O–H groups in total. The topological polar surface area (TPSA) is 98.4 Å². The first-order chi connectivity index (χ1) is 14.7. The fourth-order valence-corrected chi connectivity index (χ4v) is 5.28. The first-order valence-electron chi connectivity index (χ1n) is 9.15. The quantitative estimate of drug-likeness (QED) is 0.623. The number of anilines is 2. The molecule has 2 aromatic heterocycles. The third-order valence-corrected chi connectivity index (χ3v) is 7.29. The van der Waals surface area contributed by atoms with E-state index < -0.39 is 21.7 Å². The standard InChI is InChI=1S/C19H17F3N4O3S2/c20-19(21,22)17-16(30-18(23)25-17)14-10-13(31(27,28)12-4-2-1-3-5-12)11-15(24-14)26-6-8-29-9-7-26/h1-5,10-11H,6-9H2,(H2,23,25). The summed E-state index contributed by atoms with van der Waals surface area (Å²) in [7, 11) is -4.00. The molecule has 1 aliphatic heterocycles. The third kappa shape index (κ3) is 4.36. The van der Waals surface area contributed by atoms with Gasteiger partial charge in [-0.25, -0.2) is 18.4 Å². The first kappa shape index (κ1) is 21.5. The number of alkyl halides is 3. The predicted octanol–water partition coefficient (Wildman–Crippen LogP) is 3.48. The summed E-state index contributed by atoms with van der Waals surface area (Å²) < 4.78 is 72.3. The monoisotopic (exact) mass is 470 g/mol. The van der Waals surface area contributed by atoms with Crippen LogP contribution in [0.4, 0.5) is 24.1 Å². The molecule has 1 aliphatic rings. The van der Waals surface area contributed by atoms with Crippen LogP contribution in [0.5, 0.6) is 0 Å². The lowest BCUT2D eigenvalue weighted by molar-refractivity contribution is -0.140. The van der Waals surface area contributed by atoms with Crippen molar-refractivity contribution in [3.05, 3.63) is 48.2 Å². The Hall–Kier alpha value is -2.70. The first-order valence-corrected chi connectivity index (χ1v) is 11.4. The van der Waals surface area contributed by atoms with Gasteiger partial charge in [-0.15, -0.1) is 0 Å². The van der Waals surface area contributed by atoms with Crippen LogP contribution in [0.1, 0.15) is 5.69 Å². The predicted molar refractivity (Wildman–Crippen MR) is 110 cm³/mol. The Labute approximate surface area is 180 Å². The molecular formula is C19H17F3N4O3S2. The van der Waals surface area contributed by atoms with Crippen LogP contribution in [0.2, 0.25) is 0 Å². The largest absolute Gasteiger partial charge is 0.434 e. The number of thiazole rings is 1. The van der Waals surface area contributed by atoms with Gasteiger partial charge in [-0.2, -0.15) is 13.2 Å². The van der Waals surface area contributed by atoms with Gasteiger partial charge < -0.3 is 15.4 Å². The molecule has 0 radical (unpaired) electrons. The highest BCUT2D eigenvalue weighted by atomic mass is 32.2. The number of nitrogens with zero attached hydrogens (tertiary/aromatic N) is 3. The second-order valence-corrected chi connectivity index (χ2v) is 9.67. The van der Waals surface area contributed by atoms with Gasteiger partial charge in [0.2, 0.25) is 9.84 Å². The molecule has 0 atom stereocenters. The maximum atomic E-state index is 13.5. The molecule has 1 fully saturated rings. The van der Waals surface area contributed by atoms with E-state index in [0.29, 0.717) is 37.6 Å². The van der Waals surface area contributed by atoms with Crippen LogP contribution in [0.15, 0.2) is 52.3 Å². The Morgan fingerprint density at radius 1 is 1.03 bits per heavy atom. The zero-order valence-electron chi connectivity index (χ0n) is 16.0. The van der Waals surface area contributed by atoms with Crippen LogP contribution in [0.25, 0.3) is 10.6 Å². The smallest absolute Gasteiger partial charge is 0.378 e. The van der Waals surface area contributed by atoms with Gasteiger partial charge in [-0.3, -0.25) is 0 Å². The Bertz CT molecular complexity index is 1190. The van der Waals surface area contributed by atoms with Gasteiger partial charge >= 0.3 is 6.18 Å². The highest BCUT2D eigenvalue weighted by Crippen LogP contribution is 2.42. The second kappa shape index (κ2) is 8.09. The Kier molecular flexibility index (Phi) is 5.62. The number of morpholine rings is 1. The molecule has 31 heavy (non-hydrogen) atoms. The molecule has 7 nitrogen and oxygen atoms in total. The summed E-state index contributed by atoms with van der Waals surface area (Å²) in [6, 6.07) is 10.2. The summed E-state index contributed by atoms with van der Waals surface area (Å²) in [5, 5.41) is -0.284. The summed E-state index contributed by atoms with van der Waals surface area (Å²) in [4.78, 5) is 9.05. The molecule has 4 rings (SSSR count). The van der Waals surface area contributed by atoms with Gasteiger partial charge in [-0.05, 0) is 24.3 Å². The normalized spacial score (nSPS) is 15.3. The number of aromatic nitrogens is 2. The molecule has 0 unspecified atom stereocenters. The van der Waals surface area contributed by atoms with Gasteiger partial charge in [0.25, 0.3) is 0 Å². The van der Waals surface area contributed by atoms with Crippen molar-refractivity contribution in [1.82, 2.24) is 9.97 Å². The minimum Gasteiger partial charge on any atom is -0.378 e. The number of hydrogen-bond acceptors (Lipinski definition) is 8. The number of sulfone groups is 1. The van der Waals surface area contributed by atoms with Crippen LogP contribution >= 0.6 is 11.3 Å². The van der Waals surface area contributed by atoms with Crippen molar-refractivity contribution in [2.45, 2.75) is 16.0 Å². The van der Waals surface area contributed by atoms with Crippen LogP contribution in [0, 0.1) is 0 Å². The molecule has 0 aliphatic carbocycles. The van der Waals surface area contributed by atoms with E-state index >= 15 is 0 Å². The molecule has 3 heterocycles. The number of nitrogens with two attached hydrogens (primary N) is 1. The maximum Gasteiger partial charge on any atom is 0.434 e. The number of rotatable bonds is 4. The summed E-state index contributed by atoms with van der Waals surface area (Å²) in [6.45, 7) is 1.65. The molecule has 164 valence electrons. The number of pyridine rings is 1. The molecule has 0 bridgehead atoms. The Morgan fingerprint density at radius 2 is 1.71 bits per heavy atom. The van der Waals surface area contributed by atoms with Gasteiger partial charge in [0.05, 0.1) is 33.6 Å². The van der Waals surface area contributed by atoms with Crippen molar-refractivity contribution in [2.75, 3.05) is 36.9 Å². The van der Waals surface area contributed by atoms with E-state index in [4.69, 9.17) is 10.5 Å². The molecule has 0 spiro atoms. The number of halogens is 3. The lowest BCUT2D eigenvalue weighted by Gasteiger charge is -2.28. The zero-order valence-corrected chi connectivity index (χ0v) is 17.6. The van der Waals surface area contributed by atoms with Crippen molar-refractivity contribution in [3.63, 3.8) is 0 Å². The van der Waals surface area contributed by atoms with Crippen molar-refractivity contribution < 1.29 is 26.3 Å². The minimum absolute atomic E-state index is 0.0277. The molecule has 0 saturated carbocycles. The van der Waals surface area contributed by atoms with Crippen LogP contribution in [-0.2, 0) is 20.8 Å². The van der Waals surface area contributed by atoms with Crippen molar-refractivity contribution in [1.29, 1.82) is 0 Å². The van der Waals surface area contributed by atoms with Crippen molar-refractivity contribution in [2.24, 2.45) is 0 Å². The van der Waals surface area contributed by atoms with Gasteiger partial charge in [-0.1, -0.05) is 29.5 Å². The van der Waals surface area contributed by atoms with Crippen molar-refractivity contribution >= 4 is 32.1 Å². The molecule has 1 aromatic carbocycles. The van der Waals surface area contributed by atoms with Crippen LogP contribution < -0.4 is 10.6 Å². The number of benzene rings is 1. The second-order valence-electron chi connectivity index (χ2n) is 6.69. The number of ether oxygens (including phenoxy) is 1. The third-order valence-electron chi connectivity index (χ3n) is 4.63. The van der Waals surface area contributed by atoms with Gasteiger partial charge in [0.1, 0.15) is 5.82 Å². The van der Waals surface area contributed by atoms with E-state index in [1.165, 1.54) is 18.2 Å². The molecule has 3 aromatic rings. The van der Waals surface area contributed by atoms with E-state index in [0.717, 1.165) is 6.07 Å². The van der Waals surface area contributed by atoms with E-state index in [9.17, 15) is 21.6 Å². The number of hydrogen-bond donors (Lipinski definition) is 1. The summed E-state index contributed by atoms with van der Waals surface area (Å²) >= 11 is 0.611. The van der Waals surface area contributed by atoms with Crippen molar-refractivity contribution in [3.8, 4) is 10.6 Å². The molecule has 0 amide bonds. The van der Waals surface area contributed by atoms with E-state index in [-0.39, 0.29) is 31.3 Å². The van der Waals surface area contributed by atoms with Crippen LogP contribution in [0.3, 0.4) is 0 Å². The van der Waals surface area contributed by atoms with Gasteiger partial charge in [0.15, 0.2) is 10.8 Å². The summed E-state index contributed by atoms with van der Waals surface area (Å²) in [5.41, 5.74) is 4.20. The SMILES string of the molecule is Nc1nc(C(F)(F)F)c(-c2cc(S(=O)(=O)c3ccccc3)cc(N3CCOCC3)n2)s1. The average Bonchev–Trinajstić information content (AvgIpc) is 3.17. The molecular weight excluding hydrogens is 453 g/mol.